The lowest BCUT2D eigenvalue weighted by Crippen LogP contribution is -2.29. The van der Waals surface area contributed by atoms with Crippen molar-refractivity contribution in [3.05, 3.63) is 53.9 Å². The van der Waals surface area contributed by atoms with E-state index in [1.807, 2.05) is 19.2 Å². The van der Waals surface area contributed by atoms with Crippen molar-refractivity contribution >= 4 is 5.95 Å². The van der Waals surface area contributed by atoms with Crippen molar-refractivity contribution in [3.8, 4) is 0 Å². The highest BCUT2D eigenvalue weighted by atomic mass is 15.3. The highest BCUT2D eigenvalue weighted by Crippen LogP contribution is 2.33. The minimum Gasteiger partial charge on any atom is -0.340 e. The standard InChI is InChI=1S/C18H22N4/c1-14-7-8-19-18(20-14)22-12-16-10-21(11-17(16)13-22)9-15-5-3-2-4-6-15/h2-8,16-17H,9-13H2,1H3. The molecule has 2 atom stereocenters. The summed E-state index contributed by atoms with van der Waals surface area (Å²) < 4.78 is 0. The number of hydrogen-bond acceptors (Lipinski definition) is 4. The molecule has 0 amide bonds. The Morgan fingerprint density at radius 2 is 1.73 bits per heavy atom. The van der Waals surface area contributed by atoms with Gasteiger partial charge >= 0.3 is 0 Å². The van der Waals surface area contributed by atoms with Crippen molar-refractivity contribution in [2.75, 3.05) is 31.1 Å². The first-order valence-electron chi connectivity index (χ1n) is 8.09. The smallest absolute Gasteiger partial charge is 0.225 e. The van der Waals surface area contributed by atoms with Crippen LogP contribution in [0.1, 0.15) is 11.3 Å². The van der Waals surface area contributed by atoms with Gasteiger partial charge in [0.1, 0.15) is 0 Å². The zero-order valence-electron chi connectivity index (χ0n) is 13.0. The first-order valence-corrected chi connectivity index (χ1v) is 8.09. The fourth-order valence-electron chi connectivity index (χ4n) is 3.81. The lowest BCUT2D eigenvalue weighted by atomic mass is 10.0. The van der Waals surface area contributed by atoms with Gasteiger partial charge in [-0.2, -0.15) is 0 Å². The molecule has 1 aromatic heterocycles. The Bertz CT molecular complexity index is 629. The van der Waals surface area contributed by atoms with Gasteiger partial charge in [-0.15, -0.1) is 0 Å². The van der Waals surface area contributed by atoms with Crippen LogP contribution in [0.3, 0.4) is 0 Å². The monoisotopic (exact) mass is 294 g/mol. The molecule has 0 N–H and O–H groups in total. The fourth-order valence-corrected chi connectivity index (χ4v) is 3.81. The largest absolute Gasteiger partial charge is 0.340 e. The zero-order chi connectivity index (χ0) is 14.9. The molecule has 4 rings (SSSR count). The van der Waals surface area contributed by atoms with Crippen LogP contribution in [0, 0.1) is 18.8 Å². The summed E-state index contributed by atoms with van der Waals surface area (Å²) in [5, 5.41) is 0. The van der Waals surface area contributed by atoms with Gasteiger partial charge in [-0.05, 0) is 30.4 Å². The van der Waals surface area contributed by atoms with Gasteiger partial charge in [0.25, 0.3) is 0 Å². The number of benzene rings is 1. The summed E-state index contributed by atoms with van der Waals surface area (Å²) in [4.78, 5) is 14.0. The lowest BCUT2D eigenvalue weighted by Gasteiger charge is -2.21. The summed E-state index contributed by atoms with van der Waals surface area (Å²) in [6, 6.07) is 12.7. The maximum absolute atomic E-state index is 4.57. The molecule has 1 aromatic carbocycles. The van der Waals surface area contributed by atoms with Gasteiger partial charge in [0.05, 0.1) is 0 Å². The number of rotatable bonds is 3. The molecule has 0 bridgehead atoms. The molecule has 3 heterocycles. The predicted molar refractivity (Wildman–Crippen MR) is 87.7 cm³/mol. The zero-order valence-corrected chi connectivity index (χ0v) is 13.0. The van der Waals surface area contributed by atoms with E-state index in [1.165, 1.54) is 18.7 Å². The first kappa shape index (κ1) is 13.7. The van der Waals surface area contributed by atoms with E-state index in [1.54, 1.807) is 0 Å². The molecule has 2 fully saturated rings. The average Bonchev–Trinajstić information content (AvgIpc) is 3.06. The Hall–Kier alpha value is -1.94. The number of anilines is 1. The van der Waals surface area contributed by atoms with Crippen LogP contribution in [0.15, 0.2) is 42.6 Å². The Labute approximate surface area is 131 Å². The molecule has 2 aromatic rings. The molecule has 4 nitrogen and oxygen atoms in total. The van der Waals surface area contributed by atoms with E-state index in [-0.39, 0.29) is 0 Å². The molecule has 114 valence electrons. The summed E-state index contributed by atoms with van der Waals surface area (Å²) in [5.41, 5.74) is 2.47. The van der Waals surface area contributed by atoms with Gasteiger partial charge in [-0.25, -0.2) is 9.97 Å². The van der Waals surface area contributed by atoms with Crippen LogP contribution in [-0.2, 0) is 6.54 Å². The SMILES string of the molecule is Cc1ccnc(N2CC3CN(Cc4ccccc4)CC3C2)n1. The molecule has 2 saturated heterocycles. The molecule has 0 spiro atoms. The maximum Gasteiger partial charge on any atom is 0.225 e. The second-order valence-corrected chi connectivity index (χ2v) is 6.60. The molecule has 0 saturated carbocycles. The summed E-state index contributed by atoms with van der Waals surface area (Å²) in [5.74, 6) is 2.42. The molecule has 0 aliphatic carbocycles. The Kier molecular flexibility index (Phi) is 3.54. The minimum absolute atomic E-state index is 0.757. The van der Waals surface area contributed by atoms with Crippen molar-refractivity contribution in [3.63, 3.8) is 0 Å². The normalized spacial score (nSPS) is 24.7. The fraction of sp³-hybridized carbons (Fsp3) is 0.444. The number of likely N-dealkylation sites (tertiary alicyclic amines) is 1. The number of aromatic nitrogens is 2. The van der Waals surface area contributed by atoms with E-state index in [9.17, 15) is 0 Å². The molecular weight excluding hydrogens is 272 g/mol. The Balaban J connectivity index is 1.38. The van der Waals surface area contributed by atoms with E-state index in [2.05, 4.69) is 50.1 Å². The van der Waals surface area contributed by atoms with Crippen LogP contribution >= 0.6 is 0 Å². The molecule has 2 aliphatic rings. The van der Waals surface area contributed by atoms with E-state index >= 15 is 0 Å². The molecule has 2 aliphatic heterocycles. The highest BCUT2D eigenvalue weighted by molar-refractivity contribution is 5.33. The van der Waals surface area contributed by atoms with E-state index in [4.69, 9.17) is 0 Å². The summed E-state index contributed by atoms with van der Waals surface area (Å²) >= 11 is 0. The molecule has 2 unspecified atom stereocenters. The summed E-state index contributed by atoms with van der Waals surface area (Å²) in [6.45, 7) is 7.70. The minimum atomic E-state index is 0.757. The van der Waals surface area contributed by atoms with E-state index in [0.717, 1.165) is 43.1 Å². The van der Waals surface area contributed by atoms with Crippen molar-refractivity contribution < 1.29 is 0 Å². The molecule has 4 heteroatoms. The second kappa shape index (κ2) is 5.69. The first-order chi connectivity index (χ1) is 10.8. The van der Waals surface area contributed by atoms with Crippen molar-refractivity contribution in [2.45, 2.75) is 13.5 Å². The van der Waals surface area contributed by atoms with Crippen LogP contribution in [0.25, 0.3) is 0 Å². The summed E-state index contributed by atoms with van der Waals surface area (Å²) in [6.07, 6.45) is 1.87. The summed E-state index contributed by atoms with van der Waals surface area (Å²) in [7, 11) is 0. The van der Waals surface area contributed by atoms with Gasteiger partial charge in [0, 0.05) is 44.6 Å². The molecule has 0 radical (unpaired) electrons. The van der Waals surface area contributed by atoms with Crippen LogP contribution in [0.4, 0.5) is 5.95 Å². The van der Waals surface area contributed by atoms with Gasteiger partial charge < -0.3 is 4.90 Å². The number of aryl methyl sites for hydroxylation is 1. The Morgan fingerprint density at radius 3 is 2.41 bits per heavy atom. The van der Waals surface area contributed by atoms with Crippen LogP contribution in [-0.4, -0.2) is 41.0 Å². The predicted octanol–water partition coefficient (Wildman–Crippen LogP) is 2.35. The third-order valence-corrected chi connectivity index (χ3v) is 4.88. The van der Waals surface area contributed by atoms with Gasteiger partial charge in [0.2, 0.25) is 5.95 Å². The number of nitrogens with zero attached hydrogens (tertiary/aromatic N) is 4. The Morgan fingerprint density at radius 1 is 1.00 bits per heavy atom. The van der Waals surface area contributed by atoms with E-state index in [0.29, 0.717) is 0 Å². The molecule has 22 heavy (non-hydrogen) atoms. The molecular formula is C18H22N4. The topological polar surface area (TPSA) is 32.3 Å². The van der Waals surface area contributed by atoms with Crippen LogP contribution < -0.4 is 4.90 Å². The van der Waals surface area contributed by atoms with E-state index < -0.39 is 0 Å². The lowest BCUT2D eigenvalue weighted by molar-refractivity contribution is 0.308. The van der Waals surface area contributed by atoms with Crippen molar-refractivity contribution in [1.29, 1.82) is 0 Å². The third kappa shape index (κ3) is 2.71. The van der Waals surface area contributed by atoms with Crippen molar-refractivity contribution in [1.82, 2.24) is 14.9 Å². The number of fused-ring (bicyclic) bond motifs is 1. The van der Waals surface area contributed by atoms with Crippen LogP contribution in [0.2, 0.25) is 0 Å². The highest BCUT2D eigenvalue weighted by Gasteiger charge is 2.40. The maximum atomic E-state index is 4.57. The quantitative estimate of drug-likeness (QED) is 0.870. The second-order valence-electron chi connectivity index (χ2n) is 6.60. The van der Waals surface area contributed by atoms with Gasteiger partial charge in [-0.3, -0.25) is 4.90 Å². The average molecular weight is 294 g/mol. The number of hydrogen-bond donors (Lipinski definition) is 0. The van der Waals surface area contributed by atoms with Crippen molar-refractivity contribution in [2.24, 2.45) is 11.8 Å². The van der Waals surface area contributed by atoms with Crippen LogP contribution in [0.5, 0.6) is 0 Å². The van der Waals surface area contributed by atoms with Gasteiger partial charge in [-0.1, -0.05) is 30.3 Å². The third-order valence-electron chi connectivity index (χ3n) is 4.88. The van der Waals surface area contributed by atoms with Gasteiger partial charge in [0.15, 0.2) is 0 Å².